The van der Waals surface area contributed by atoms with Gasteiger partial charge in [-0.2, -0.15) is 0 Å². The molecule has 3 N–H and O–H groups in total. The maximum atomic E-state index is 10.3. The number of unbranched alkanes of at least 4 members (excludes halogenated alkanes) is 3. The van der Waals surface area contributed by atoms with Crippen LogP contribution in [0.5, 0.6) is 0 Å². The van der Waals surface area contributed by atoms with Crippen molar-refractivity contribution in [1.29, 1.82) is 0 Å². The van der Waals surface area contributed by atoms with Gasteiger partial charge in [0, 0.05) is 12.1 Å². The maximum Gasteiger partial charge on any atom is 0.303 e. The maximum absolute atomic E-state index is 10.3. The number of carboxylic acid groups (broad SMARTS) is 1. The molecule has 0 unspecified atom stereocenters. The molecule has 0 spiro atoms. The standard InChI is InChI=1S/C12H16N2O2S/c1-2-9-10(14-12(17)13-9)7-5-3-4-6-8-11(15)16/h1H,3-8H2,(H,15,16)(H2,13,14,17). The number of carbonyl (C=O) groups is 1. The summed E-state index contributed by atoms with van der Waals surface area (Å²) in [5, 5.41) is 8.48. The van der Waals surface area contributed by atoms with E-state index in [0.29, 0.717) is 4.77 Å². The Hall–Kier alpha value is -1.54. The van der Waals surface area contributed by atoms with E-state index in [1.54, 1.807) is 0 Å². The summed E-state index contributed by atoms with van der Waals surface area (Å²) >= 11 is 4.96. The van der Waals surface area contributed by atoms with Crippen LogP contribution in [0, 0.1) is 17.1 Å². The number of terminal acetylenes is 1. The molecule has 0 saturated heterocycles. The summed E-state index contributed by atoms with van der Waals surface area (Å²) in [6.45, 7) is 0. The second-order valence-corrected chi connectivity index (χ2v) is 4.29. The lowest BCUT2D eigenvalue weighted by molar-refractivity contribution is -0.137. The predicted octanol–water partition coefficient (Wildman–Crippen LogP) is 2.63. The van der Waals surface area contributed by atoms with Crippen LogP contribution in [0.3, 0.4) is 0 Å². The van der Waals surface area contributed by atoms with Crippen molar-refractivity contribution in [2.75, 3.05) is 0 Å². The topological polar surface area (TPSA) is 68.9 Å². The summed E-state index contributed by atoms with van der Waals surface area (Å²) in [4.78, 5) is 16.2. The fraction of sp³-hybridized carbons (Fsp3) is 0.500. The molecular weight excluding hydrogens is 236 g/mol. The SMILES string of the molecule is C#Cc1[nH]c(=S)[nH]c1CCCCCCC(=O)O. The lowest BCUT2D eigenvalue weighted by atomic mass is 10.1. The Morgan fingerprint density at radius 3 is 2.65 bits per heavy atom. The first-order valence-electron chi connectivity index (χ1n) is 5.63. The Balaban J connectivity index is 2.25. The molecule has 1 heterocycles. The van der Waals surface area contributed by atoms with Crippen molar-refractivity contribution in [1.82, 2.24) is 9.97 Å². The van der Waals surface area contributed by atoms with Crippen molar-refractivity contribution in [3.8, 4) is 12.3 Å². The Labute approximate surface area is 105 Å². The number of aromatic amines is 2. The van der Waals surface area contributed by atoms with E-state index in [2.05, 4.69) is 15.9 Å². The van der Waals surface area contributed by atoms with Gasteiger partial charge < -0.3 is 15.1 Å². The van der Waals surface area contributed by atoms with Gasteiger partial charge in [0.2, 0.25) is 0 Å². The van der Waals surface area contributed by atoms with E-state index < -0.39 is 5.97 Å². The number of aromatic nitrogens is 2. The molecule has 0 radical (unpaired) electrons. The van der Waals surface area contributed by atoms with Gasteiger partial charge in [0.05, 0.1) is 0 Å². The summed E-state index contributed by atoms with van der Waals surface area (Å²) in [7, 11) is 0. The van der Waals surface area contributed by atoms with E-state index in [0.717, 1.165) is 43.5 Å². The molecule has 92 valence electrons. The number of hydrogen-bond donors (Lipinski definition) is 3. The van der Waals surface area contributed by atoms with Crippen LogP contribution in [-0.4, -0.2) is 21.0 Å². The van der Waals surface area contributed by atoms with Crippen molar-refractivity contribution < 1.29 is 9.90 Å². The van der Waals surface area contributed by atoms with Gasteiger partial charge in [-0.1, -0.05) is 18.8 Å². The number of hydrogen-bond acceptors (Lipinski definition) is 2. The molecule has 0 fully saturated rings. The van der Waals surface area contributed by atoms with E-state index in [1.807, 2.05) is 0 Å². The minimum atomic E-state index is -0.727. The third kappa shape index (κ3) is 4.87. The molecule has 1 rings (SSSR count). The zero-order valence-corrected chi connectivity index (χ0v) is 10.4. The molecule has 1 aromatic rings. The van der Waals surface area contributed by atoms with Gasteiger partial charge in [-0.3, -0.25) is 4.79 Å². The number of H-pyrrole nitrogens is 2. The number of rotatable bonds is 7. The summed E-state index contributed by atoms with van der Waals surface area (Å²) in [6.07, 6.45) is 10.1. The lowest BCUT2D eigenvalue weighted by Crippen LogP contribution is -1.94. The Bertz CT molecular complexity index is 468. The van der Waals surface area contributed by atoms with Gasteiger partial charge in [-0.25, -0.2) is 0 Å². The molecule has 4 nitrogen and oxygen atoms in total. The van der Waals surface area contributed by atoms with Crippen LogP contribution in [-0.2, 0) is 11.2 Å². The molecule has 0 bridgehead atoms. The molecule has 1 aromatic heterocycles. The van der Waals surface area contributed by atoms with E-state index in [1.165, 1.54) is 0 Å². The molecule has 0 aliphatic rings. The average Bonchev–Trinajstić information content (AvgIpc) is 2.63. The van der Waals surface area contributed by atoms with Gasteiger partial charge in [0.1, 0.15) is 5.69 Å². The fourth-order valence-corrected chi connectivity index (χ4v) is 1.89. The molecule has 0 atom stereocenters. The third-order valence-corrected chi connectivity index (χ3v) is 2.72. The lowest BCUT2D eigenvalue weighted by Gasteiger charge is -1.99. The highest BCUT2D eigenvalue weighted by molar-refractivity contribution is 7.71. The summed E-state index contributed by atoms with van der Waals surface area (Å²) < 4.78 is 0.554. The number of aliphatic carboxylic acids is 1. The second kappa shape index (κ2) is 6.92. The molecule has 5 heteroatoms. The summed E-state index contributed by atoms with van der Waals surface area (Å²) in [6, 6.07) is 0. The Morgan fingerprint density at radius 1 is 1.29 bits per heavy atom. The molecular formula is C12H16N2O2S. The predicted molar refractivity (Wildman–Crippen MR) is 68.3 cm³/mol. The second-order valence-electron chi connectivity index (χ2n) is 3.88. The molecule has 0 saturated carbocycles. The van der Waals surface area contributed by atoms with Crippen molar-refractivity contribution >= 4 is 18.2 Å². The molecule has 0 amide bonds. The van der Waals surface area contributed by atoms with Gasteiger partial charge >= 0.3 is 5.97 Å². The minimum absolute atomic E-state index is 0.252. The highest BCUT2D eigenvalue weighted by atomic mass is 32.1. The van der Waals surface area contributed by atoms with Crippen molar-refractivity contribution in [2.24, 2.45) is 0 Å². The fourth-order valence-electron chi connectivity index (χ4n) is 1.66. The summed E-state index contributed by atoms with van der Waals surface area (Å²) in [5.74, 6) is 1.82. The zero-order chi connectivity index (χ0) is 12.7. The number of aryl methyl sites for hydroxylation is 1. The molecule has 0 aliphatic carbocycles. The minimum Gasteiger partial charge on any atom is -0.481 e. The highest BCUT2D eigenvalue weighted by Crippen LogP contribution is 2.10. The van der Waals surface area contributed by atoms with Crippen LogP contribution in [0.1, 0.15) is 43.5 Å². The highest BCUT2D eigenvalue weighted by Gasteiger charge is 2.03. The monoisotopic (exact) mass is 252 g/mol. The van der Waals surface area contributed by atoms with Gasteiger partial charge in [-0.05, 0) is 31.5 Å². The Kier molecular flexibility index (Phi) is 5.50. The quantitative estimate of drug-likeness (QED) is 0.397. The largest absolute Gasteiger partial charge is 0.481 e. The van der Waals surface area contributed by atoms with E-state index in [9.17, 15) is 4.79 Å². The number of imidazole rings is 1. The third-order valence-electron chi connectivity index (χ3n) is 2.52. The van der Waals surface area contributed by atoms with Gasteiger partial charge in [0.25, 0.3) is 0 Å². The van der Waals surface area contributed by atoms with E-state index in [4.69, 9.17) is 23.7 Å². The van der Waals surface area contributed by atoms with E-state index in [-0.39, 0.29) is 6.42 Å². The summed E-state index contributed by atoms with van der Waals surface area (Å²) in [5.41, 5.74) is 1.69. The zero-order valence-electron chi connectivity index (χ0n) is 9.58. The first-order chi connectivity index (χ1) is 8.13. The average molecular weight is 252 g/mol. The molecule has 0 aliphatic heterocycles. The molecule has 17 heavy (non-hydrogen) atoms. The number of nitrogens with one attached hydrogen (secondary N) is 2. The van der Waals surface area contributed by atoms with Crippen molar-refractivity contribution in [3.63, 3.8) is 0 Å². The first-order valence-corrected chi connectivity index (χ1v) is 6.04. The molecule has 0 aromatic carbocycles. The van der Waals surface area contributed by atoms with Crippen LogP contribution in [0.4, 0.5) is 0 Å². The van der Waals surface area contributed by atoms with Gasteiger partial charge in [-0.15, -0.1) is 6.42 Å². The normalized spacial score (nSPS) is 10.1. The first kappa shape index (κ1) is 13.5. The van der Waals surface area contributed by atoms with E-state index >= 15 is 0 Å². The van der Waals surface area contributed by atoms with Crippen LogP contribution >= 0.6 is 12.2 Å². The number of carboxylic acids is 1. The van der Waals surface area contributed by atoms with Crippen LogP contribution in [0.15, 0.2) is 0 Å². The Morgan fingerprint density at radius 2 is 2.00 bits per heavy atom. The smallest absolute Gasteiger partial charge is 0.303 e. The van der Waals surface area contributed by atoms with Crippen LogP contribution in [0.25, 0.3) is 0 Å². The van der Waals surface area contributed by atoms with Crippen molar-refractivity contribution in [3.05, 3.63) is 16.2 Å². The van der Waals surface area contributed by atoms with Crippen LogP contribution in [0.2, 0.25) is 0 Å². The van der Waals surface area contributed by atoms with Crippen molar-refractivity contribution in [2.45, 2.75) is 38.5 Å². The van der Waals surface area contributed by atoms with Crippen LogP contribution < -0.4 is 0 Å². The van der Waals surface area contributed by atoms with Gasteiger partial charge in [0.15, 0.2) is 4.77 Å².